The van der Waals surface area contributed by atoms with E-state index in [-0.39, 0.29) is 36.0 Å². The Balaban J connectivity index is 0. The molecule has 0 bridgehead atoms. The number of carbonyl (C=O) groups excluding carboxylic acids is 1. The van der Waals surface area contributed by atoms with Crippen LogP contribution in [-0.4, -0.2) is 43.4 Å². The predicted octanol–water partition coefficient (Wildman–Crippen LogP) is -3.97. The Hall–Kier alpha value is 0.0900. The second-order valence-electron chi connectivity index (χ2n) is 3.86. The van der Waals surface area contributed by atoms with Gasteiger partial charge in [0.15, 0.2) is 0 Å². The quantitative estimate of drug-likeness (QED) is 0.202. The summed E-state index contributed by atoms with van der Waals surface area (Å²) < 4.78 is 0. The maximum Gasteiger partial charge on any atom is 1.00 e. The van der Waals surface area contributed by atoms with Gasteiger partial charge in [0.25, 0.3) is 0 Å². The van der Waals surface area contributed by atoms with Crippen molar-refractivity contribution in [2.75, 3.05) is 26.2 Å². The molecule has 0 saturated carbocycles. The molecule has 3 N–H and O–H groups in total. The Kier molecular flexibility index (Phi) is 17.2. The van der Waals surface area contributed by atoms with Crippen molar-refractivity contribution in [1.82, 2.24) is 10.6 Å². The van der Waals surface area contributed by atoms with Crippen LogP contribution in [0.15, 0.2) is 12.2 Å². The molecule has 5 nitrogen and oxygen atoms in total. The van der Waals surface area contributed by atoms with Crippen molar-refractivity contribution < 1.29 is 44.6 Å². The summed E-state index contributed by atoms with van der Waals surface area (Å²) in [7, 11) is 0. The normalized spacial score (nSPS) is 12.3. The van der Waals surface area contributed by atoms with Crippen LogP contribution in [0.25, 0.3) is 0 Å². The molecule has 0 amide bonds. The molecule has 0 aromatic rings. The molecule has 0 aliphatic rings. The van der Waals surface area contributed by atoms with E-state index < -0.39 is 12.1 Å². The minimum absolute atomic E-state index is 0. The van der Waals surface area contributed by atoms with Crippen LogP contribution in [0.4, 0.5) is 0 Å². The molecule has 18 heavy (non-hydrogen) atoms. The van der Waals surface area contributed by atoms with Gasteiger partial charge >= 0.3 is 29.6 Å². The van der Waals surface area contributed by atoms with E-state index in [2.05, 4.69) is 17.6 Å². The topological polar surface area (TPSA) is 84.4 Å². The summed E-state index contributed by atoms with van der Waals surface area (Å²) >= 11 is 0. The minimum Gasteiger partial charge on any atom is -0.550 e. The fraction of sp³-hybridized carbons (Fsp3) is 0.750. The van der Waals surface area contributed by atoms with E-state index in [9.17, 15) is 15.0 Å². The van der Waals surface area contributed by atoms with E-state index in [0.29, 0.717) is 26.2 Å². The number of unbranched alkanes of at least 4 members (excludes halogenated alkanes) is 1. The second kappa shape index (κ2) is 15.1. The summed E-state index contributed by atoms with van der Waals surface area (Å²) in [6.45, 7) is 4.41. The number of rotatable bonds is 11. The van der Waals surface area contributed by atoms with E-state index in [0.717, 1.165) is 12.8 Å². The van der Waals surface area contributed by atoms with Gasteiger partial charge in [0, 0.05) is 32.1 Å². The van der Waals surface area contributed by atoms with Gasteiger partial charge in [-0.15, -0.1) is 0 Å². The van der Waals surface area contributed by atoms with Crippen molar-refractivity contribution >= 4 is 5.97 Å². The monoisotopic (exact) mass is 266 g/mol. The zero-order valence-corrected chi connectivity index (χ0v) is 13.4. The maximum atomic E-state index is 10.1. The summed E-state index contributed by atoms with van der Waals surface area (Å²) in [5, 5.41) is 25.6. The molecule has 0 aliphatic carbocycles. The number of aliphatic hydroxyl groups is 1. The molecule has 6 heteroatoms. The molecular weight excluding hydrogens is 243 g/mol. The first-order valence-corrected chi connectivity index (χ1v) is 6.12. The van der Waals surface area contributed by atoms with Gasteiger partial charge in [0.05, 0.1) is 6.10 Å². The first-order chi connectivity index (χ1) is 8.16. The summed E-state index contributed by atoms with van der Waals surface area (Å²) in [6, 6.07) is 0. The predicted molar refractivity (Wildman–Crippen MR) is 65.4 cm³/mol. The summed E-state index contributed by atoms with van der Waals surface area (Å²) in [6.07, 6.45) is 5.41. The molecule has 0 spiro atoms. The van der Waals surface area contributed by atoms with Gasteiger partial charge in [-0.1, -0.05) is 25.5 Å². The van der Waals surface area contributed by atoms with Crippen molar-refractivity contribution in [1.29, 1.82) is 0 Å². The summed E-state index contributed by atoms with van der Waals surface area (Å²) in [5.41, 5.74) is 0. The van der Waals surface area contributed by atoms with Crippen LogP contribution >= 0.6 is 0 Å². The number of allylic oxidation sites excluding steroid dienone is 1. The third-order valence-electron chi connectivity index (χ3n) is 2.15. The van der Waals surface area contributed by atoms with Gasteiger partial charge in [-0.2, -0.15) is 0 Å². The Morgan fingerprint density at radius 3 is 2.61 bits per heavy atom. The van der Waals surface area contributed by atoms with Crippen molar-refractivity contribution in [3.05, 3.63) is 12.2 Å². The molecule has 0 aromatic carbocycles. The molecule has 0 radical (unpaired) electrons. The molecule has 0 rings (SSSR count). The molecule has 0 fully saturated rings. The van der Waals surface area contributed by atoms with Crippen molar-refractivity contribution in [3.63, 3.8) is 0 Å². The Morgan fingerprint density at radius 2 is 2.00 bits per heavy atom. The van der Waals surface area contributed by atoms with Crippen molar-refractivity contribution in [2.45, 2.75) is 32.3 Å². The van der Waals surface area contributed by atoms with Crippen LogP contribution in [-0.2, 0) is 4.79 Å². The number of carbonyl (C=O) groups is 1. The fourth-order valence-electron chi connectivity index (χ4n) is 1.23. The molecular formula is C12H23N2NaO3. The summed E-state index contributed by atoms with van der Waals surface area (Å²) in [4.78, 5) is 10.1. The van der Waals surface area contributed by atoms with Gasteiger partial charge in [0.2, 0.25) is 0 Å². The van der Waals surface area contributed by atoms with E-state index in [1.807, 2.05) is 6.08 Å². The standard InChI is InChI=1S/C12H24N2O3.Na/c1-2-3-4-5-11(15)10-14-9-8-13-7-6-12(16)17;/h4-5,11,13-15H,2-3,6-10H2,1H3,(H,16,17);/q;+1/p-1/b5-4+;. The van der Waals surface area contributed by atoms with Crippen molar-refractivity contribution in [2.24, 2.45) is 0 Å². The number of hydrogen-bond donors (Lipinski definition) is 3. The second-order valence-corrected chi connectivity index (χ2v) is 3.86. The number of aliphatic hydroxyl groups excluding tert-OH is 1. The van der Waals surface area contributed by atoms with E-state index in [4.69, 9.17) is 0 Å². The van der Waals surface area contributed by atoms with Gasteiger partial charge in [0.1, 0.15) is 0 Å². The molecule has 0 aliphatic heterocycles. The molecule has 0 saturated heterocycles. The molecule has 0 heterocycles. The Labute approximate surface area is 131 Å². The first-order valence-electron chi connectivity index (χ1n) is 6.12. The zero-order chi connectivity index (χ0) is 12.9. The Morgan fingerprint density at radius 1 is 1.33 bits per heavy atom. The number of carboxylic acid groups (broad SMARTS) is 1. The molecule has 0 aromatic heterocycles. The number of hydrogen-bond acceptors (Lipinski definition) is 5. The zero-order valence-electron chi connectivity index (χ0n) is 11.4. The number of aliphatic carboxylic acids is 1. The van der Waals surface area contributed by atoms with Gasteiger partial charge in [-0.3, -0.25) is 0 Å². The molecule has 100 valence electrons. The molecule has 1 unspecified atom stereocenters. The van der Waals surface area contributed by atoms with Crippen LogP contribution in [0.5, 0.6) is 0 Å². The van der Waals surface area contributed by atoms with E-state index in [1.165, 1.54) is 0 Å². The molecule has 1 atom stereocenters. The van der Waals surface area contributed by atoms with Crippen LogP contribution in [0.3, 0.4) is 0 Å². The maximum absolute atomic E-state index is 10.1. The van der Waals surface area contributed by atoms with Crippen molar-refractivity contribution in [3.8, 4) is 0 Å². The van der Waals surface area contributed by atoms with Crippen LogP contribution < -0.4 is 45.3 Å². The largest absolute Gasteiger partial charge is 1.00 e. The third kappa shape index (κ3) is 16.1. The van der Waals surface area contributed by atoms with Crippen LogP contribution in [0, 0.1) is 0 Å². The third-order valence-corrected chi connectivity index (χ3v) is 2.15. The fourth-order valence-corrected chi connectivity index (χ4v) is 1.23. The van der Waals surface area contributed by atoms with Crippen LogP contribution in [0.2, 0.25) is 0 Å². The van der Waals surface area contributed by atoms with E-state index >= 15 is 0 Å². The average Bonchev–Trinajstić information content (AvgIpc) is 2.28. The SMILES string of the molecule is CCC/C=C/C(O)CNCCNCCC(=O)[O-].[Na+]. The van der Waals surface area contributed by atoms with Gasteiger partial charge < -0.3 is 25.6 Å². The van der Waals surface area contributed by atoms with Gasteiger partial charge in [-0.25, -0.2) is 0 Å². The number of carboxylic acids is 1. The minimum atomic E-state index is -1.04. The van der Waals surface area contributed by atoms with E-state index in [1.54, 1.807) is 6.08 Å². The average molecular weight is 266 g/mol. The van der Waals surface area contributed by atoms with Gasteiger partial charge in [-0.05, 0) is 12.8 Å². The van der Waals surface area contributed by atoms with Crippen LogP contribution in [0.1, 0.15) is 26.2 Å². The number of nitrogens with one attached hydrogen (secondary N) is 2. The summed E-state index contributed by atoms with van der Waals surface area (Å²) in [5.74, 6) is -1.04. The smallest absolute Gasteiger partial charge is 0.550 e. The first kappa shape index (κ1) is 20.4. The Bertz CT molecular complexity index is 225.